The molecule has 0 radical (unpaired) electrons. The summed E-state index contributed by atoms with van der Waals surface area (Å²) in [7, 11) is 0. The highest BCUT2D eigenvalue weighted by atomic mass is 35.5. The minimum absolute atomic E-state index is 0. The number of carbonyl (C=O) groups excluding carboxylic acids is 1. The van der Waals surface area contributed by atoms with Crippen molar-refractivity contribution in [2.24, 2.45) is 17.4 Å². The highest BCUT2D eigenvalue weighted by Crippen LogP contribution is 2.24. The number of nitrogens with two attached hydrogens (primary N) is 2. The zero-order valence-electron chi connectivity index (χ0n) is 11.2. The van der Waals surface area contributed by atoms with E-state index in [0.717, 1.165) is 25.7 Å². The van der Waals surface area contributed by atoms with Gasteiger partial charge in [-0.3, -0.25) is 9.78 Å². The van der Waals surface area contributed by atoms with Gasteiger partial charge in [-0.15, -0.1) is 24.8 Å². The highest BCUT2D eigenvalue weighted by molar-refractivity contribution is 5.92. The second-order valence-corrected chi connectivity index (χ2v) is 4.87. The predicted molar refractivity (Wildman–Crippen MR) is 82.7 cm³/mol. The summed E-state index contributed by atoms with van der Waals surface area (Å²) in [5.41, 5.74) is 11.4. The molecule has 1 aromatic heterocycles. The second kappa shape index (κ2) is 9.00. The maximum Gasteiger partial charge on any atom is 0.250 e. The van der Waals surface area contributed by atoms with E-state index in [1.54, 1.807) is 12.3 Å². The molecule has 1 amide bonds. The van der Waals surface area contributed by atoms with Gasteiger partial charge in [0.15, 0.2) is 0 Å². The van der Waals surface area contributed by atoms with Crippen molar-refractivity contribution in [1.82, 2.24) is 4.98 Å². The Morgan fingerprint density at radius 1 is 1.25 bits per heavy atom. The summed E-state index contributed by atoms with van der Waals surface area (Å²) in [6.45, 7) is 0.649. The average Bonchev–Trinajstić information content (AvgIpc) is 2.38. The summed E-state index contributed by atoms with van der Waals surface area (Å²) >= 11 is 0. The minimum Gasteiger partial charge on any atom is -0.492 e. The van der Waals surface area contributed by atoms with E-state index in [1.165, 1.54) is 6.20 Å². The number of carbonyl (C=O) groups is 1. The Labute approximate surface area is 131 Å². The van der Waals surface area contributed by atoms with Crippen LogP contribution in [0, 0.1) is 5.92 Å². The number of halogens is 2. The fraction of sp³-hybridized carbons (Fsp3) is 0.538. The normalized spacial score (nSPS) is 21.2. The van der Waals surface area contributed by atoms with Gasteiger partial charge in [0.2, 0.25) is 5.91 Å². The summed E-state index contributed by atoms with van der Waals surface area (Å²) in [6, 6.07) is 1.98. The molecule has 0 unspecified atom stereocenters. The molecule has 7 heteroatoms. The lowest BCUT2D eigenvalue weighted by atomic mass is 9.87. The fourth-order valence-electron chi connectivity index (χ4n) is 2.20. The number of pyridine rings is 1. The Kier molecular flexibility index (Phi) is 8.53. The monoisotopic (exact) mass is 321 g/mol. The van der Waals surface area contributed by atoms with Gasteiger partial charge < -0.3 is 16.2 Å². The molecule has 114 valence electrons. The molecule has 1 fully saturated rings. The first-order chi connectivity index (χ1) is 8.65. The van der Waals surface area contributed by atoms with Gasteiger partial charge in [0, 0.05) is 12.2 Å². The summed E-state index contributed by atoms with van der Waals surface area (Å²) in [6.07, 6.45) is 7.37. The molecule has 0 spiro atoms. The third-order valence-electron chi connectivity index (χ3n) is 3.37. The Hall–Kier alpha value is -1.04. The Bertz CT molecular complexity index is 424. The quantitative estimate of drug-likeness (QED) is 0.886. The molecular formula is C13H21Cl2N3O2. The van der Waals surface area contributed by atoms with Crippen LogP contribution in [-0.4, -0.2) is 23.5 Å². The SMILES string of the molecule is Cl.Cl.NC(=O)c1cncc(OCC2CCC(N)CC2)c1. The molecule has 2 rings (SSSR count). The molecule has 0 saturated heterocycles. The van der Waals surface area contributed by atoms with Gasteiger partial charge in [-0.1, -0.05) is 0 Å². The predicted octanol–water partition coefficient (Wildman–Crippen LogP) is 1.92. The van der Waals surface area contributed by atoms with Crippen molar-refractivity contribution in [2.45, 2.75) is 31.7 Å². The summed E-state index contributed by atoms with van der Waals surface area (Å²) in [4.78, 5) is 14.9. The molecule has 1 heterocycles. The number of rotatable bonds is 4. The second-order valence-electron chi connectivity index (χ2n) is 4.87. The zero-order valence-corrected chi connectivity index (χ0v) is 12.8. The van der Waals surface area contributed by atoms with Crippen LogP contribution >= 0.6 is 24.8 Å². The van der Waals surface area contributed by atoms with E-state index in [-0.39, 0.29) is 24.8 Å². The lowest BCUT2D eigenvalue weighted by Gasteiger charge is -2.25. The Morgan fingerprint density at radius 3 is 2.50 bits per heavy atom. The van der Waals surface area contributed by atoms with Gasteiger partial charge in [0.1, 0.15) is 5.75 Å². The van der Waals surface area contributed by atoms with Crippen molar-refractivity contribution in [3.63, 3.8) is 0 Å². The van der Waals surface area contributed by atoms with E-state index in [9.17, 15) is 4.79 Å². The molecule has 1 aromatic rings. The molecule has 5 nitrogen and oxygen atoms in total. The summed E-state index contributed by atoms with van der Waals surface area (Å²) in [5, 5.41) is 0. The van der Waals surface area contributed by atoms with Crippen molar-refractivity contribution in [1.29, 1.82) is 0 Å². The van der Waals surface area contributed by atoms with Crippen LogP contribution in [-0.2, 0) is 0 Å². The molecule has 4 N–H and O–H groups in total. The maximum absolute atomic E-state index is 11.0. The van der Waals surface area contributed by atoms with Crippen LogP contribution in [0.1, 0.15) is 36.0 Å². The third kappa shape index (κ3) is 5.53. The molecule has 1 saturated carbocycles. The number of hydrogen-bond acceptors (Lipinski definition) is 4. The molecule has 0 atom stereocenters. The third-order valence-corrected chi connectivity index (χ3v) is 3.37. The Morgan fingerprint density at radius 2 is 1.90 bits per heavy atom. The summed E-state index contributed by atoms with van der Waals surface area (Å²) in [5.74, 6) is 0.653. The van der Waals surface area contributed by atoms with Gasteiger partial charge >= 0.3 is 0 Å². The van der Waals surface area contributed by atoms with Crippen molar-refractivity contribution in [2.75, 3.05) is 6.61 Å². The maximum atomic E-state index is 11.0. The van der Waals surface area contributed by atoms with E-state index in [2.05, 4.69) is 4.98 Å². The fourth-order valence-corrected chi connectivity index (χ4v) is 2.20. The number of nitrogens with zero attached hydrogens (tertiary/aromatic N) is 1. The molecule has 1 aliphatic carbocycles. The smallest absolute Gasteiger partial charge is 0.250 e. The topological polar surface area (TPSA) is 91.2 Å². The van der Waals surface area contributed by atoms with Crippen LogP contribution in [0.2, 0.25) is 0 Å². The first-order valence-corrected chi connectivity index (χ1v) is 6.28. The van der Waals surface area contributed by atoms with E-state index in [0.29, 0.717) is 29.9 Å². The molecule has 0 bridgehead atoms. The van der Waals surface area contributed by atoms with E-state index in [4.69, 9.17) is 16.2 Å². The number of hydrogen-bond donors (Lipinski definition) is 2. The van der Waals surface area contributed by atoms with Gasteiger partial charge in [-0.25, -0.2) is 0 Å². The van der Waals surface area contributed by atoms with Crippen LogP contribution in [0.3, 0.4) is 0 Å². The first-order valence-electron chi connectivity index (χ1n) is 6.28. The average molecular weight is 322 g/mol. The standard InChI is InChI=1S/C13H19N3O2.2ClH/c14-11-3-1-9(2-4-11)8-18-12-5-10(13(15)17)6-16-7-12;;/h5-7,9,11H,1-4,8,14H2,(H2,15,17);2*1H. The van der Waals surface area contributed by atoms with Gasteiger partial charge in [-0.2, -0.15) is 0 Å². The zero-order chi connectivity index (χ0) is 13.0. The van der Waals surface area contributed by atoms with Crippen molar-refractivity contribution in [3.8, 4) is 5.75 Å². The number of ether oxygens (including phenoxy) is 1. The van der Waals surface area contributed by atoms with Crippen LogP contribution < -0.4 is 16.2 Å². The molecular weight excluding hydrogens is 301 g/mol. The molecule has 20 heavy (non-hydrogen) atoms. The van der Waals surface area contributed by atoms with Crippen LogP contribution in [0.5, 0.6) is 5.75 Å². The number of aromatic nitrogens is 1. The highest BCUT2D eigenvalue weighted by Gasteiger charge is 2.19. The van der Waals surface area contributed by atoms with Crippen molar-refractivity contribution >= 4 is 30.7 Å². The lowest BCUT2D eigenvalue weighted by molar-refractivity contribution is 0.0999. The molecule has 0 aliphatic heterocycles. The lowest BCUT2D eigenvalue weighted by Crippen LogP contribution is -2.28. The molecule has 0 aromatic carbocycles. The van der Waals surface area contributed by atoms with Gasteiger partial charge in [-0.05, 0) is 37.7 Å². The van der Waals surface area contributed by atoms with E-state index < -0.39 is 5.91 Å². The van der Waals surface area contributed by atoms with Gasteiger partial charge in [0.25, 0.3) is 0 Å². The minimum atomic E-state index is -0.489. The van der Waals surface area contributed by atoms with Crippen LogP contribution in [0.4, 0.5) is 0 Å². The number of amides is 1. The Balaban J connectivity index is 0.00000180. The van der Waals surface area contributed by atoms with Crippen LogP contribution in [0.15, 0.2) is 18.5 Å². The first kappa shape index (κ1) is 19.0. The van der Waals surface area contributed by atoms with Crippen molar-refractivity contribution in [3.05, 3.63) is 24.0 Å². The van der Waals surface area contributed by atoms with E-state index >= 15 is 0 Å². The van der Waals surface area contributed by atoms with Crippen LogP contribution in [0.25, 0.3) is 0 Å². The van der Waals surface area contributed by atoms with E-state index in [1.807, 2.05) is 0 Å². The number of primary amides is 1. The van der Waals surface area contributed by atoms with Gasteiger partial charge in [0.05, 0.1) is 18.4 Å². The van der Waals surface area contributed by atoms with Crippen molar-refractivity contribution < 1.29 is 9.53 Å². The molecule has 1 aliphatic rings. The summed E-state index contributed by atoms with van der Waals surface area (Å²) < 4.78 is 5.66. The largest absolute Gasteiger partial charge is 0.492 e.